The summed E-state index contributed by atoms with van der Waals surface area (Å²) in [6.45, 7) is 6.95. The number of hydrogen-bond donors (Lipinski definition) is 1. The highest BCUT2D eigenvalue weighted by Crippen LogP contribution is 2.26. The first-order valence-corrected chi connectivity index (χ1v) is 8.15. The van der Waals surface area contributed by atoms with Crippen molar-refractivity contribution in [1.82, 2.24) is 10.2 Å². The highest BCUT2D eigenvalue weighted by Gasteiger charge is 2.21. The Morgan fingerprint density at radius 3 is 2.82 bits per heavy atom. The van der Waals surface area contributed by atoms with Gasteiger partial charge in [0.1, 0.15) is 0 Å². The summed E-state index contributed by atoms with van der Waals surface area (Å²) in [6, 6.07) is 2.93. The lowest BCUT2D eigenvalue weighted by Crippen LogP contribution is -2.43. The number of hydrogen-bond acceptors (Lipinski definition) is 3. The third-order valence-electron chi connectivity index (χ3n) is 3.37. The van der Waals surface area contributed by atoms with E-state index in [2.05, 4.69) is 44.5 Å². The van der Waals surface area contributed by atoms with Crippen LogP contribution in [0.2, 0.25) is 0 Å². The molecule has 0 atom stereocenters. The van der Waals surface area contributed by atoms with Gasteiger partial charge in [-0.3, -0.25) is 4.90 Å². The summed E-state index contributed by atoms with van der Waals surface area (Å²) in [5.41, 5.74) is 0. The fourth-order valence-corrected chi connectivity index (χ4v) is 3.97. The van der Waals surface area contributed by atoms with Gasteiger partial charge in [0.2, 0.25) is 0 Å². The average molecular weight is 317 g/mol. The first-order valence-electron chi connectivity index (χ1n) is 6.48. The van der Waals surface area contributed by atoms with Crippen molar-refractivity contribution in [2.45, 2.75) is 38.8 Å². The molecule has 0 aliphatic carbocycles. The number of piperidine rings is 1. The van der Waals surface area contributed by atoms with Crippen LogP contribution in [0.25, 0.3) is 0 Å². The van der Waals surface area contributed by atoms with Crippen molar-refractivity contribution in [3.8, 4) is 0 Å². The standard InChI is InChI=1S/C13H21BrN2S/c1-2-8-16(11-3-6-15-7-4-11)10-13-12(14)5-9-17-13/h5,9,11,15H,2-4,6-8,10H2,1H3. The molecule has 0 radical (unpaired) electrons. The fourth-order valence-electron chi connectivity index (χ4n) is 2.47. The van der Waals surface area contributed by atoms with E-state index in [-0.39, 0.29) is 0 Å². The third kappa shape index (κ3) is 3.78. The molecule has 2 nitrogen and oxygen atoms in total. The summed E-state index contributed by atoms with van der Waals surface area (Å²) in [6.07, 6.45) is 3.83. The van der Waals surface area contributed by atoms with E-state index in [1.807, 2.05) is 11.3 Å². The van der Waals surface area contributed by atoms with Crippen LogP contribution >= 0.6 is 27.3 Å². The van der Waals surface area contributed by atoms with Crippen molar-refractivity contribution in [2.24, 2.45) is 0 Å². The quantitative estimate of drug-likeness (QED) is 0.894. The number of thiophene rings is 1. The van der Waals surface area contributed by atoms with Crippen LogP contribution in [-0.2, 0) is 6.54 Å². The molecule has 0 unspecified atom stereocenters. The molecule has 1 aromatic heterocycles. The summed E-state index contributed by atoms with van der Waals surface area (Å²) < 4.78 is 1.28. The van der Waals surface area contributed by atoms with Crippen LogP contribution in [0.15, 0.2) is 15.9 Å². The third-order valence-corrected chi connectivity index (χ3v) is 5.28. The first kappa shape index (κ1) is 13.5. The Kier molecular flexibility index (Phi) is 5.48. The molecule has 1 fully saturated rings. The SMILES string of the molecule is CCCN(Cc1sccc1Br)C1CCNCC1. The highest BCUT2D eigenvalue weighted by molar-refractivity contribution is 9.10. The Morgan fingerprint density at radius 2 is 2.24 bits per heavy atom. The van der Waals surface area contributed by atoms with Gasteiger partial charge in [0.15, 0.2) is 0 Å². The lowest BCUT2D eigenvalue weighted by molar-refractivity contribution is 0.155. The van der Waals surface area contributed by atoms with E-state index < -0.39 is 0 Å². The predicted molar refractivity (Wildman–Crippen MR) is 78.6 cm³/mol. The highest BCUT2D eigenvalue weighted by atomic mass is 79.9. The molecule has 1 N–H and O–H groups in total. The van der Waals surface area contributed by atoms with Gasteiger partial charge in [0.25, 0.3) is 0 Å². The van der Waals surface area contributed by atoms with Gasteiger partial charge in [-0.15, -0.1) is 11.3 Å². The Labute approximate surface area is 117 Å². The van der Waals surface area contributed by atoms with Crippen LogP contribution in [0.4, 0.5) is 0 Å². The first-order chi connectivity index (χ1) is 8.31. The van der Waals surface area contributed by atoms with Gasteiger partial charge in [0, 0.05) is 21.9 Å². The molecule has 96 valence electrons. The van der Waals surface area contributed by atoms with Crippen molar-refractivity contribution in [2.75, 3.05) is 19.6 Å². The molecule has 1 aliphatic rings. The molecule has 17 heavy (non-hydrogen) atoms. The molecular weight excluding hydrogens is 296 g/mol. The number of rotatable bonds is 5. The minimum absolute atomic E-state index is 0.769. The fraction of sp³-hybridized carbons (Fsp3) is 0.692. The number of nitrogens with one attached hydrogen (secondary N) is 1. The number of halogens is 1. The number of nitrogens with zero attached hydrogens (tertiary/aromatic N) is 1. The van der Waals surface area contributed by atoms with Crippen molar-refractivity contribution in [3.05, 3.63) is 20.8 Å². The van der Waals surface area contributed by atoms with E-state index in [0.717, 1.165) is 12.6 Å². The van der Waals surface area contributed by atoms with E-state index >= 15 is 0 Å². The van der Waals surface area contributed by atoms with Gasteiger partial charge >= 0.3 is 0 Å². The van der Waals surface area contributed by atoms with Gasteiger partial charge in [-0.1, -0.05) is 6.92 Å². The van der Waals surface area contributed by atoms with Crippen molar-refractivity contribution in [3.63, 3.8) is 0 Å². The topological polar surface area (TPSA) is 15.3 Å². The molecule has 0 saturated carbocycles. The second-order valence-corrected chi connectivity index (χ2v) is 6.50. The molecule has 0 amide bonds. The summed E-state index contributed by atoms with van der Waals surface area (Å²) >= 11 is 5.50. The maximum Gasteiger partial charge on any atom is 0.0342 e. The zero-order chi connectivity index (χ0) is 12.1. The molecular formula is C13H21BrN2S. The minimum Gasteiger partial charge on any atom is -0.317 e. The molecule has 2 heterocycles. The smallest absolute Gasteiger partial charge is 0.0342 e. The summed E-state index contributed by atoms with van der Waals surface area (Å²) in [5, 5.41) is 5.62. The zero-order valence-electron chi connectivity index (χ0n) is 10.4. The van der Waals surface area contributed by atoms with Crippen molar-refractivity contribution < 1.29 is 0 Å². The molecule has 0 bridgehead atoms. The van der Waals surface area contributed by atoms with E-state index in [9.17, 15) is 0 Å². The van der Waals surface area contributed by atoms with Crippen LogP contribution < -0.4 is 5.32 Å². The van der Waals surface area contributed by atoms with Crippen molar-refractivity contribution in [1.29, 1.82) is 0 Å². The van der Waals surface area contributed by atoms with Gasteiger partial charge in [-0.2, -0.15) is 0 Å². The maximum absolute atomic E-state index is 3.64. The van der Waals surface area contributed by atoms with Gasteiger partial charge in [0.05, 0.1) is 0 Å². The Balaban J connectivity index is 1.98. The molecule has 0 spiro atoms. The van der Waals surface area contributed by atoms with E-state index in [1.165, 1.54) is 48.2 Å². The molecule has 4 heteroatoms. The van der Waals surface area contributed by atoms with Gasteiger partial charge in [-0.05, 0) is 66.3 Å². The molecule has 1 aromatic rings. The van der Waals surface area contributed by atoms with Crippen LogP contribution in [0.5, 0.6) is 0 Å². The molecule has 1 saturated heterocycles. The van der Waals surface area contributed by atoms with Gasteiger partial charge in [-0.25, -0.2) is 0 Å². The summed E-state index contributed by atoms with van der Waals surface area (Å²) in [5.74, 6) is 0. The normalized spacial score (nSPS) is 17.8. The largest absolute Gasteiger partial charge is 0.317 e. The minimum atomic E-state index is 0.769. The lowest BCUT2D eigenvalue weighted by Gasteiger charge is -2.34. The second kappa shape index (κ2) is 6.88. The Morgan fingerprint density at radius 1 is 1.47 bits per heavy atom. The summed E-state index contributed by atoms with van der Waals surface area (Å²) in [7, 11) is 0. The molecule has 0 aromatic carbocycles. The van der Waals surface area contributed by atoms with Crippen LogP contribution in [-0.4, -0.2) is 30.6 Å². The molecule has 1 aliphatic heterocycles. The Hall–Kier alpha value is 0.1000. The van der Waals surface area contributed by atoms with Gasteiger partial charge < -0.3 is 5.32 Å². The maximum atomic E-state index is 3.64. The van der Waals surface area contributed by atoms with Crippen molar-refractivity contribution >= 4 is 27.3 Å². The molecule has 2 rings (SSSR count). The second-order valence-electron chi connectivity index (χ2n) is 4.64. The Bertz CT molecular complexity index is 334. The van der Waals surface area contributed by atoms with E-state index in [0.29, 0.717) is 0 Å². The van der Waals surface area contributed by atoms with Crippen LogP contribution in [0.3, 0.4) is 0 Å². The summed E-state index contributed by atoms with van der Waals surface area (Å²) in [4.78, 5) is 4.13. The zero-order valence-corrected chi connectivity index (χ0v) is 12.8. The monoisotopic (exact) mass is 316 g/mol. The van der Waals surface area contributed by atoms with E-state index in [1.54, 1.807) is 0 Å². The van der Waals surface area contributed by atoms with Crippen LogP contribution in [0, 0.1) is 0 Å². The predicted octanol–water partition coefficient (Wildman–Crippen LogP) is 3.47. The van der Waals surface area contributed by atoms with Crippen LogP contribution in [0.1, 0.15) is 31.1 Å². The average Bonchev–Trinajstić information content (AvgIpc) is 2.76. The lowest BCUT2D eigenvalue weighted by atomic mass is 10.0. The van der Waals surface area contributed by atoms with E-state index in [4.69, 9.17) is 0 Å².